The van der Waals surface area contributed by atoms with Gasteiger partial charge >= 0.3 is 6.09 Å². The summed E-state index contributed by atoms with van der Waals surface area (Å²) in [5, 5.41) is 8.34. The van der Waals surface area contributed by atoms with E-state index < -0.39 is 47.4 Å². The van der Waals surface area contributed by atoms with Gasteiger partial charge in [0, 0.05) is 13.1 Å². The second-order valence-corrected chi connectivity index (χ2v) is 13.0. The second-order valence-electron chi connectivity index (χ2n) is 13.0. The van der Waals surface area contributed by atoms with Gasteiger partial charge < -0.3 is 25.6 Å². The van der Waals surface area contributed by atoms with Crippen LogP contribution in [0.15, 0.2) is 11.6 Å². The van der Waals surface area contributed by atoms with Gasteiger partial charge in [0.2, 0.25) is 17.6 Å². The van der Waals surface area contributed by atoms with E-state index in [1.807, 2.05) is 6.92 Å². The number of rotatable bonds is 12. The van der Waals surface area contributed by atoms with Crippen molar-refractivity contribution in [2.75, 3.05) is 13.1 Å². The third-order valence-corrected chi connectivity index (χ3v) is 8.45. The number of allylic oxidation sites excluding steroid dienone is 1. The monoisotopic (exact) mass is 588 g/mol. The van der Waals surface area contributed by atoms with Crippen LogP contribution in [-0.4, -0.2) is 71.3 Å². The number of carbonyl (C=O) groups is 5. The topological polar surface area (TPSA) is 134 Å². The molecule has 0 aromatic carbocycles. The van der Waals surface area contributed by atoms with Crippen molar-refractivity contribution in [3.8, 4) is 0 Å². The Bertz CT molecular complexity index is 997. The first kappa shape index (κ1) is 33.6. The molecule has 0 radical (unpaired) electrons. The summed E-state index contributed by atoms with van der Waals surface area (Å²) in [6.45, 7) is 7.98. The maximum Gasteiger partial charge on any atom is 0.408 e. The maximum atomic E-state index is 13.9. The van der Waals surface area contributed by atoms with Gasteiger partial charge in [0.25, 0.3) is 5.91 Å². The molecule has 0 aromatic rings. The fraction of sp³-hybridized carbons (Fsp3) is 0.781. The lowest BCUT2D eigenvalue weighted by Gasteiger charge is -2.35. The number of alkyl carbamates (subject to hydrolysis) is 1. The van der Waals surface area contributed by atoms with Crippen LogP contribution in [0.25, 0.3) is 0 Å². The van der Waals surface area contributed by atoms with E-state index in [0.717, 1.165) is 57.8 Å². The highest BCUT2D eigenvalue weighted by molar-refractivity contribution is 6.38. The van der Waals surface area contributed by atoms with E-state index in [4.69, 9.17) is 4.74 Å². The van der Waals surface area contributed by atoms with Crippen molar-refractivity contribution in [3.05, 3.63) is 11.6 Å². The third-order valence-electron chi connectivity index (χ3n) is 8.45. The Morgan fingerprint density at radius 3 is 2.36 bits per heavy atom. The standard InChI is InChI=1S/C32H52N4O6/c1-5-13-24(27(37)29(39)33-20-19-22-14-8-6-9-15-22)34-28(38)25-18-12-21-36(25)30(40)26(23-16-10-7-11-17-23)35-31(41)42-32(2,3)4/h14,23-26H,5-13,15-21H2,1-4H3,(H,33,39)(H,34,38)(H,35,41)/t24?,25-,26?/m0/s1. The van der Waals surface area contributed by atoms with Crippen LogP contribution in [0.3, 0.4) is 0 Å². The number of hydrogen-bond donors (Lipinski definition) is 3. The molecule has 1 heterocycles. The molecule has 2 fully saturated rings. The van der Waals surface area contributed by atoms with Gasteiger partial charge in [-0.1, -0.05) is 44.3 Å². The summed E-state index contributed by atoms with van der Waals surface area (Å²) in [5.74, 6) is -2.12. The molecule has 10 nitrogen and oxygen atoms in total. The zero-order chi connectivity index (χ0) is 30.7. The van der Waals surface area contributed by atoms with Crippen LogP contribution < -0.4 is 16.0 Å². The van der Waals surface area contributed by atoms with Crippen molar-refractivity contribution in [3.63, 3.8) is 0 Å². The summed E-state index contributed by atoms with van der Waals surface area (Å²) < 4.78 is 5.46. The van der Waals surface area contributed by atoms with E-state index >= 15 is 0 Å². The van der Waals surface area contributed by atoms with Crippen molar-refractivity contribution in [2.45, 2.75) is 141 Å². The summed E-state index contributed by atoms with van der Waals surface area (Å²) in [6.07, 6.45) is 13.4. The average molecular weight is 589 g/mol. The van der Waals surface area contributed by atoms with Crippen LogP contribution in [0.1, 0.15) is 118 Å². The van der Waals surface area contributed by atoms with E-state index in [0.29, 0.717) is 38.8 Å². The number of nitrogens with one attached hydrogen (secondary N) is 3. The maximum absolute atomic E-state index is 13.9. The van der Waals surface area contributed by atoms with Crippen molar-refractivity contribution >= 4 is 29.6 Å². The minimum atomic E-state index is -0.956. The number of amides is 4. The van der Waals surface area contributed by atoms with E-state index in [1.165, 1.54) is 16.9 Å². The number of nitrogens with zero attached hydrogens (tertiary/aromatic N) is 1. The molecule has 0 bridgehead atoms. The van der Waals surface area contributed by atoms with Gasteiger partial charge in [0.1, 0.15) is 17.7 Å². The largest absolute Gasteiger partial charge is 0.444 e. The first-order valence-corrected chi connectivity index (χ1v) is 16.1. The molecule has 1 saturated carbocycles. The van der Waals surface area contributed by atoms with E-state index in [9.17, 15) is 24.0 Å². The summed E-state index contributed by atoms with van der Waals surface area (Å²) in [7, 11) is 0. The quantitative estimate of drug-likeness (QED) is 0.230. The Labute approximate surface area is 251 Å². The molecular weight excluding hydrogens is 536 g/mol. The molecule has 3 aliphatic rings. The molecule has 2 aliphatic carbocycles. The van der Waals surface area contributed by atoms with E-state index in [-0.39, 0.29) is 11.8 Å². The highest BCUT2D eigenvalue weighted by atomic mass is 16.6. The summed E-state index contributed by atoms with van der Waals surface area (Å²) >= 11 is 0. The van der Waals surface area contributed by atoms with E-state index in [1.54, 1.807) is 20.8 Å². The zero-order valence-corrected chi connectivity index (χ0v) is 26.1. The smallest absolute Gasteiger partial charge is 0.408 e. The van der Waals surface area contributed by atoms with Crippen LogP contribution in [-0.2, 0) is 23.9 Å². The normalized spacial score (nSPS) is 21.1. The average Bonchev–Trinajstić information content (AvgIpc) is 3.45. The van der Waals surface area contributed by atoms with E-state index in [2.05, 4.69) is 22.0 Å². The van der Waals surface area contributed by atoms with Gasteiger partial charge in [0.15, 0.2) is 0 Å². The molecular formula is C32H52N4O6. The zero-order valence-electron chi connectivity index (χ0n) is 26.1. The Kier molecular flexibility index (Phi) is 12.9. The molecule has 3 N–H and O–H groups in total. The number of ketones is 1. The molecule has 236 valence electrons. The molecule has 42 heavy (non-hydrogen) atoms. The first-order chi connectivity index (χ1) is 20.0. The fourth-order valence-electron chi connectivity index (χ4n) is 6.30. The molecule has 1 saturated heterocycles. The number of hydrogen-bond acceptors (Lipinski definition) is 6. The molecule has 4 amide bonds. The molecule has 0 spiro atoms. The third kappa shape index (κ3) is 10.1. The van der Waals surface area contributed by atoms with Crippen LogP contribution in [0, 0.1) is 5.92 Å². The van der Waals surface area contributed by atoms with Crippen molar-refractivity contribution in [1.82, 2.24) is 20.9 Å². The Morgan fingerprint density at radius 1 is 0.976 bits per heavy atom. The molecule has 1 aliphatic heterocycles. The van der Waals surface area contributed by atoms with Crippen LogP contribution >= 0.6 is 0 Å². The molecule has 3 atom stereocenters. The highest BCUT2D eigenvalue weighted by Crippen LogP contribution is 2.30. The molecule has 3 rings (SSSR count). The number of Topliss-reactive ketones (excluding diaryl/α,β-unsaturated/α-hetero) is 1. The lowest BCUT2D eigenvalue weighted by atomic mass is 9.83. The minimum Gasteiger partial charge on any atom is -0.444 e. The second kappa shape index (κ2) is 16.1. The lowest BCUT2D eigenvalue weighted by molar-refractivity contribution is -0.143. The molecule has 2 unspecified atom stereocenters. The Hall–Kier alpha value is -2.91. The minimum absolute atomic E-state index is 0.0365. The van der Waals surface area contributed by atoms with Crippen LogP contribution in [0.4, 0.5) is 4.79 Å². The molecule has 0 aromatic heterocycles. The number of carbonyl (C=O) groups excluding carboxylic acids is 5. The molecule has 10 heteroatoms. The van der Waals surface area contributed by atoms with Crippen LogP contribution in [0.5, 0.6) is 0 Å². The van der Waals surface area contributed by atoms with Crippen molar-refractivity contribution < 1.29 is 28.7 Å². The summed E-state index contributed by atoms with van der Waals surface area (Å²) in [5.41, 5.74) is 0.603. The van der Waals surface area contributed by atoms with Gasteiger partial charge in [-0.2, -0.15) is 0 Å². The van der Waals surface area contributed by atoms with Gasteiger partial charge in [-0.3, -0.25) is 19.2 Å². The summed E-state index contributed by atoms with van der Waals surface area (Å²) in [6, 6.07) is -2.51. The van der Waals surface area contributed by atoms with Gasteiger partial charge in [-0.15, -0.1) is 0 Å². The van der Waals surface area contributed by atoms with Crippen molar-refractivity contribution in [1.29, 1.82) is 0 Å². The van der Waals surface area contributed by atoms with Crippen molar-refractivity contribution in [2.24, 2.45) is 5.92 Å². The Balaban J connectivity index is 1.64. The fourth-order valence-corrected chi connectivity index (χ4v) is 6.30. The predicted octanol–water partition coefficient (Wildman–Crippen LogP) is 4.31. The Morgan fingerprint density at radius 2 is 1.71 bits per heavy atom. The van der Waals surface area contributed by atoms with Gasteiger partial charge in [0.05, 0.1) is 6.04 Å². The van der Waals surface area contributed by atoms with Gasteiger partial charge in [-0.25, -0.2) is 4.79 Å². The predicted molar refractivity (Wildman–Crippen MR) is 160 cm³/mol. The van der Waals surface area contributed by atoms with Gasteiger partial charge in [-0.05, 0) is 90.9 Å². The van der Waals surface area contributed by atoms with Crippen LogP contribution in [0.2, 0.25) is 0 Å². The lowest BCUT2D eigenvalue weighted by Crippen LogP contribution is -2.58. The first-order valence-electron chi connectivity index (χ1n) is 16.1. The highest BCUT2D eigenvalue weighted by Gasteiger charge is 2.42. The number of ether oxygens (including phenoxy) is 1. The number of likely N-dealkylation sites (tertiary alicyclic amines) is 1. The summed E-state index contributed by atoms with van der Waals surface area (Å²) in [4.78, 5) is 67.4. The SMILES string of the molecule is CCCC(NC(=O)[C@@H]1CCCN1C(=O)C(NC(=O)OC(C)(C)C)C1CCCCC1)C(=O)C(=O)NCCC1=CCCCC1.